The molecule has 0 radical (unpaired) electrons. The zero-order valence-electron chi connectivity index (χ0n) is 27.5. The number of nitrogens with one attached hydrogen (secondary N) is 1. The van der Waals surface area contributed by atoms with E-state index in [4.69, 9.17) is 9.40 Å². The molecule has 3 aliphatic carbocycles. The molecule has 8 heteroatoms. The van der Waals surface area contributed by atoms with Crippen LogP contribution in [0.25, 0.3) is 22.4 Å². The largest absolute Gasteiger partial charge is 0.481 e. The summed E-state index contributed by atoms with van der Waals surface area (Å²) in [7, 11) is 0. The first-order valence-electron chi connectivity index (χ1n) is 16.3. The predicted molar refractivity (Wildman–Crippen MR) is 172 cm³/mol. The molecular weight excluding hydrogens is 571 g/mol. The summed E-state index contributed by atoms with van der Waals surface area (Å²) in [6.45, 7) is 13.3. The zero-order valence-corrected chi connectivity index (χ0v) is 27.5. The summed E-state index contributed by atoms with van der Waals surface area (Å²) >= 11 is 0. The number of furan rings is 1. The fourth-order valence-electron chi connectivity index (χ4n) is 7.12. The lowest BCUT2D eigenvalue weighted by molar-refractivity contribution is -0.219. The molecule has 2 bridgehead atoms. The van der Waals surface area contributed by atoms with Gasteiger partial charge in [-0.3, -0.25) is 14.4 Å². The third-order valence-electron chi connectivity index (χ3n) is 10.5. The van der Waals surface area contributed by atoms with E-state index in [1.165, 1.54) is 12.1 Å². The van der Waals surface area contributed by atoms with Gasteiger partial charge in [-0.05, 0) is 85.6 Å². The summed E-state index contributed by atoms with van der Waals surface area (Å²) < 4.78 is 19.6. The van der Waals surface area contributed by atoms with E-state index in [0.717, 1.165) is 36.8 Å². The summed E-state index contributed by atoms with van der Waals surface area (Å²) in [6.07, 6.45) is 6.54. The molecule has 6 rings (SSSR count). The number of benzene rings is 1. The summed E-state index contributed by atoms with van der Waals surface area (Å²) in [5, 5.41) is 12.5. The first kappa shape index (κ1) is 32.8. The maximum absolute atomic E-state index is 13.6. The molecule has 2 N–H and O–H groups in total. The summed E-state index contributed by atoms with van der Waals surface area (Å²) in [4.78, 5) is 42.9. The number of ketones is 1. The lowest BCUT2D eigenvalue weighted by atomic mass is 9.33. The molecule has 0 spiro atoms. The van der Waals surface area contributed by atoms with Gasteiger partial charge in [-0.1, -0.05) is 54.4 Å². The van der Waals surface area contributed by atoms with Gasteiger partial charge < -0.3 is 14.8 Å². The first-order chi connectivity index (χ1) is 21.1. The number of amides is 1. The molecule has 2 heterocycles. The van der Waals surface area contributed by atoms with Crippen molar-refractivity contribution in [3.8, 4) is 11.3 Å². The van der Waals surface area contributed by atoms with Gasteiger partial charge in [0.2, 0.25) is 0 Å². The SMILES string of the molecule is CCC(C)(C)CCCC(CCNC(=O)c1cc2nc(-c3ccc(F)cc3)cc(C(C)(C)C)c2o1)CC(=O)C12CC(C(=O)O)(C1)C2. The molecule has 45 heavy (non-hydrogen) atoms. The number of carboxylic acid groups (broad SMARTS) is 1. The second-order valence-electron chi connectivity index (χ2n) is 15.5. The molecule has 1 unspecified atom stereocenters. The lowest BCUT2D eigenvalue weighted by Gasteiger charge is -2.67. The van der Waals surface area contributed by atoms with Gasteiger partial charge in [0.1, 0.15) is 17.1 Å². The Bertz CT molecular complexity index is 1580. The predicted octanol–water partition coefficient (Wildman–Crippen LogP) is 8.49. The van der Waals surface area contributed by atoms with Crippen LogP contribution in [0.4, 0.5) is 4.39 Å². The van der Waals surface area contributed by atoms with Crippen LogP contribution in [0, 0.1) is 28.0 Å². The number of rotatable bonds is 14. The number of carbonyl (C=O) groups is 3. The van der Waals surface area contributed by atoms with E-state index in [2.05, 4.69) is 46.9 Å². The normalized spacial score (nSPS) is 21.6. The van der Waals surface area contributed by atoms with Crippen molar-refractivity contribution < 1.29 is 28.3 Å². The molecule has 1 aromatic carbocycles. The minimum Gasteiger partial charge on any atom is -0.481 e. The van der Waals surface area contributed by atoms with Crippen molar-refractivity contribution in [2.75, 3.05) is 6.54 Å². The fraction of sp³-hybridized carbons (Fsp3) is 0.568. The molecule has 242 valence electrons. The van der Waals surface area contributed by atoms with Crippen LogP contribution in [0.2, 0.25) is 0 Å². The Morgan fingerprint density at radius 2 is 1.69 bits per heavy atom. The van der Waals surface area contributed by atoms with Crippen molar-refractivity contribution in [2.45, 2.75) is 105 Å². The van der Waals surface area contributed by atoms with E-state index in [1.54, 1.807) is 18.2 Å². The average Bonchev–Trinajstić information content (AvgIpc) is 3.34. The van der Waals surface area contributed by atoms with Gasteiger partial charge in [-0.15, -0.1) is 0 Å². The van der Waals surface area contributed by atoms with Crippen LogP contribution in [0.15, 0.2) is 40.8 Å². The van der Waals surface area contributed by atoms with Crippen molar-refractivity contribution in [3.63, 3.8) is 0 Å². The maximum Gasteiger partial charge on any atom is 0.309 e. The summed E-state index contributed by atoms with van der Waals surface area (Å²) in [5.74, 6) is -0.962. The molecule has 0 aliphatic heterocycles. The second-order valence-corrected chi connectivity index (χ2v) is 15.5. The van der Waals surface area contributed by atoms with Gasteiger partial charge in [0.15, 0.2) is 11.3 Å². The quantitative estimate of drug-likeness (QED) is 0.188. The molecule has 3 aromatic rings. The van der Waals surface area contributed by atoms with E-state index < -0.39 is 16.8 Å². The average molecular weight is 619 g/mol. The van der Waals surface area contributed by atoms with Gasteiger partial charge in [0.25, 0.3) is 5.91 Å². The van der Waals surface area contributed by atoms with Gasteiger partial charge in [0, 0.05) is 35.6 Å². The van der Waals surface area contributed by atoms with Crippen LogP contribution in [0.5, 0.6) is 0 Å². The molecule has 2 aromatic heterocycles. The Labute approximate surface area is 265 Å². The monoisotopic (exact) mass is 618 g/mol. The number of aromatic nitrogens is 1. The van der Waals surface area contributed by atoms with E-state index in [9.17, 15) is 23.9 Å². The van der Waals surface area contributed by atoms with E-state index >= 15 is 0 Å². The molecule has 3 aliphatic rings. The van der Waals surface area contributed by atoms with Crippen LogP contribution in [0.3, 0.4) is 0 Å². The van der Waals surface area contributed by atoms with Crippen LogP contribution in [-0.4, -0.2) is 34.3 Å². The van der Waals surface area contributed by atoms with Crippen molar-refractivity contribution >= 4 is 28.8 Å². The lowest BCUT2D eigenvalue weighted by Crippen LogP contribution is -2.68. The van der Waals surface area contributed by atoms with Crippen LogP contribution in [0.1, 0.15) is 115 Å². The number of Topliss-reactive ketones (excluding diaryl/α,β-unsaturated/α-hetero) is 1. The highest BCUT2D eigenvalue weighted by molar-refractivity contribution is 5.96. The number of halogens is 1. The summed E-state index contributed by atoms with van der Waals surface area (Å²) in [5.41, 5.74) is 2.30. The molecule has 3 fully saturated rings. The molecule has 0 saturated heterocycles. The maximum atomic E-state index is 13.6. The minimum atomic E-state index is -0.777. The van der Waals surface area contributed by atoms with Crippen molar-refractivity contribution in [2.24, 2.45) is 22.2 Å². The number of pyridine rings is 1. The summed E-state index contributed by atoms with van der Waals surface area (Å²) in [6, 6.07) is 9.77. The second kappa shape index (κ2) is 12.0. The van der Waals surface area contributed by atoms with Crippen molar-refractivity contribution in [3.05, 3.63) is 53.5 Å². The highest BCUT2D eigenvalue weighted by Crippen LogP contribution is 2.74. The fourth-order valence-corrected chi connectivity index (χ4v) is 7.12. The van der Waals surface area contributed by atoms with Crippen molar-refractivity contribution in [1.82, 2.24) is 10.3 Å². The smallest absolute Gasteiger partial charge is 0.309 e. The highest BCUT2D eigenvalue weighted by atomic mass is 19.1. The molecular formula is C37H47FN2O5. The zero-order chi connectivity index (χ0) is 32.8. The Balaban J connectivity index is 1.26. The first-order valence-corrected chi connectivity index (χ1v) is 16.3. The van der Waals surface area contributed by atoms with E-state index in [0.29, 0.717) is 55.4 Å². The van der Waals surface area contributed by atoms with Gasteiger partial charge in [-0.2, -0.15) is 0 Å². The van der Waals surface area contributed by atoms with E-state index in [-0.39, 0.29) is 40.0 Å². The van der Waals surface area contributed by atoms with Gasteiger partial charge in [0.05, 0.1) is 11.1 Å². The standard InChI is InChI=1S/C37H47FN2O5/c1-7-35(5,6)15-8-9-23(17-30(41)36-20-37(21-36,22-36)33(43)44)14-16-39-32(42)29-19-28-31(45-29)26(34(2,3)4)18-27(40-28)24-10-12-25(38)13-11-24/h10-13,18-19,23H,7-9,14-17,20-22H2,1-6H3,(H,39,42)(H,43,44). The van der Waals surface area contributed by atoms with E-state index in [1.807, 2.05) is 6.07 Å². The van der Waals surface area contributed by atoms with Gasteiger partial charge >= 0.3 is 5.97 Å². The minimum absolute atomic E-state index is 0.114. The highest BCUT2D eigenvalue weighted by Gasteiger charge is 2.74. The Morgan fingerprint density at radius 3 is 2.29 bits per heavy atom. The number of carbonyl (C=O) groups excluding carboxylic acids is 2. The Kier molecular flexibility index (Phi) is 8.75. The number of fused-ring (bicyclic) bond motifs is 1. The molecule has 7 nitrogen and oxygen atoms in total. The number of hydrogen-bond donors (Lipinski definition) is 2. The topological polar surface area (TPSA) is 110 Å². The molecule has 1 amide bonds. The Hall–Kier alpha value is -3.55. The number of hydrogen-bond acceptors (Lipinski definition) is 5. The third kappa shape index (κ3) is 6.70. The number of aliphatic carboxylic acids is 1. The number of carboxylic acids is 1. The van der Waals surface area contributed by atoms with Crippen LogP contribution in [-0.2, 0) is 15.0 Å². The van der Waals surface area contributed by atoms with Crippen molar-refractivity contribution in [1.29, 1.82) is 0 Å². The van der Waals surface area contributed by atoms with Crippen LogP contribution >= 0.6 is 0 Å². The van der Waals surface area contributed by atoms with Crippen LogP contribution < -0.4 is 5.32 Å². The Morgan fingerprint density at radius 1 is 1.02 bits per heavy atom. The molecule has 3 saturated carbocycles. The molecule has 1 atom stereocenters. The van der Waals surface area contributed by atoms with Gasteiger partial charge in [-0.25, -0.2) is 9.37 Å². The third-order valence-corrected chi connectivity index (χ3v) is 10.5. The number of nitrogens with zero attached hydrogens (tertiary/aromatic N) is 1.